The van der Waals surface area contributed by atoms with Crippen molar-refractivity contribution in [3.63, 3.8) is 0 Å². The zero-order chi connectivity index (χ0) is 14.2. The third kappa shape index (κ3) is 3.16. The maximum absolute atomic E-state index is 12.6. The molecule has 0 amide bonds. The summed E-state index contributed by atoms with van der Waals surface area (Å²) in [5, 5.41) is 0.314. The molecule has 0 N–H and O–H groups in total. The minimum atomic E-state index is -4.49. The van der Waals surface area contributed by atoms with Gasteiger partial charge in [-0.25, -0.2) is 0 Å². The van der Waals surface area contributed by atoms with Crippen LogP contribution in [0.5, 0.6) is 0 Å². The molecule has 0 bridgehead atoms. The maximum atomic E-state index is 12.6. The summed E-state index contributed by atoms with van der Waals surface area (Å²) in [6, 6.07) is 8.28. The van der Waals surface area contributed by atoms with Gasteiger partial charge in [0.15, 0.2) is 0 Å². The van der Waals surface area contributed by atoms with E-state index in [1.807, 2.05) is 0 Å². The standard InChI is InChI=1S/C13H6Cl3F3/c14-9-3-1-2-7(4-9)12-10(15)5-8(6-11(12)16)13(17,18)19/h1-6H. The van der Waals surface area contributed by atoms with Crippen molar-refractivity contribution in [2.24, 2.45) is 0 Å². The molecule has 0 saturated carbocycles. The zero-order valence-electron chi connectivity index (χ0n) is 9.23. The van der Waals surface area contributed by atoms with Gasteiger partial charge in [0, 0.05) is 10.6 Å². The van der Waals surface area contributed by atoms with E-state index in [2.05, 4.69) is 0 Å². The van der Waals surface area contributed by atoms with E-state index < -0.39 is 11.7 Å². The first-order chi connectivity index (χ1) is 8.79. The van der Waals surface area contributed by atoms with Crippen molar-refractivity contribution in [3.05, 3.63) is 57.0 Å². The van der Waals surface area contributed by atoms with Crippen LogP contribution < -0.4 is 0 Å². The molecule has 0 fully saturated rings. The van der Waals surface area contributed by atoms with Gasteiger partial charge in [0.1, 0.15) is 0 Å². The fraction of sp³-hybridized carbons (Fsp3) is 0.0769. The van der Waals surface area contributed by atoms with Gasteiger partial charge in [-0.3, -0.25) is 0 Å². The van der Waals surface area contributed by atoms with E-state index in [1.165, 1.54) is 0 Å². The summed E-state index contributed by atoms with van der Waals surface area (Å²) < 4.78 is 37.8. The lowest BCUT2D eigenvalue weighted by molar-refractivity contribution is -0.137. The molecule has 6 heteroatoms. The van der Waals surface area contributed by atoms with Gasteiger partial charge in [-0.15, -0.1) is 0 Å². The quantitative estimate of drug-likeness (QED) is 0.574. The van der Waals surface area contributed by atoms with E-state index in [0.717, 1.165) is 12.1 Å². The summed E-state index contributed by atoms with van der Waals surface area (Å²) >= 11 is 17.6. The lowest BCUT2D eigenvalue weighted by Crippen LogP contribution is -2.05. The van der Waals surface area contributed by atoms with Gasteiger partial charge in [0.2, 0.25) is 0 Å². The molecule has 0 unspecified atom stereocenters. The molecule has 0 radical (unpaired) electrons. The van der Waals surface area contributed by atoms with Crippen LogP contribution in [0.3, 0.4) is 0 Å². The van der Waals surface area contributed by atoms with Gasteiger partial charge in [-0.2, -0.15) is 13.2 Å². The Morgan fingerprint density at radius 2 is 1.42 bits per heavy atom. The van der Waals surface area contributed by atoms with Gasteiger partial charge in [-0.1, -0.05) is 46.9 Å². The average Bonchev–Trinajstić information content (AvgIpc) is 2.26. The first-order valence-electron chi connectivity index (χ1n) is 5.11. The summed E-state index contributed by atoms with van der Waals surface area (Å²) in [7, 11) is 0. The summed E-state index contributed by atoms with van der Waals surface area (Å²) in [4.78, 5) is 0. The normalized spacial score (nSPS) is 11.7. The number of halogens is 6. The van der Waals surface area contributed by atoms with E-state index in [9.17, 15) is 13.2 Å². The minimum Gasteiger partial charge on any atom is -0.166 e. The molecule has 0 nitrogen and oxygen atoms in total. The fourth-order valence-corrected chi connectivity index (χ4v) is 2.55. The molecule has 0 aromatic heterocycles. The highest BCUT2D eigenvalue weighted by molar-refractivity contribution is 6.39. The zero-order valence-corrected chi connectivity index (χ0v) is 11.5. The molecule has 0 saturated heterocycles. The fourth-order valence-electron chi connectivity index (χ4n) is 1.66. The molecular formula is C13H6Cl3F3. The molecule has 0 aliphatic carbocycles. The molecule has 2 aromatic carbocycles. The summed E-state index contributed by atoms with van der Waals surface area (Å²) in [6.07, 6.45) is -4.49. The van der Waals surface area contributed by atoms with Gasteiger partial charge < -0.3 is 0 Å². The van der Waals surface area contributed by atoms with Crippen LogP contribution in [0.2, 0.25) is 15.1 Å². The molecule has 2 rings (SSSR count). The Morgan fingerprint density at radius 1 is 0.842 bits per heavy atom. The Kier molecular flexibility index (Phi) is 4.00. The van der Waals surface area contributed by atoms with Crippen LogP contribution in [0.25, 0.3) is 11.1 Å². The number of benzene rings is 2. The summed E-state index contributed by atoms with van der Waals surface area (Å²) in [5.41, 5.74) is 0.0170. The Morgan fingerprint density at radius 3 is 1.89 bits per heavy atom. The second-order valence-electron chi connectivity index (χ2n) is 3.82. The highest BCUT2D eigenvalue weighted by Gasteiger charge is 2.32. The van der Waals surface area contributed by atoms with E-state index in [0.29, 0.717) is 16.1 Å². The largest absolute Gasteiger partial charge is 0.416 e. The highest BCUT2D eigenvalue weighted by Crippen LogP contribution is 2.40. The molecule has 0 aliphatic rings. The van der Waals surface area contributed by atoms with Crippen molar-refractivity contribution in [1.29, 1.82) is 0 Å². The molecule has 0 aliphatic heterocycles. The van der Waals surface area contributed by atoms with E-state index in [-0.39, 0.29) is 10.0 Å². The van der Waals surface area contributed by atoms with Crippen LogP contribution in [-0.4, -0.2) is 0 Å². The SMILES string of the molecule is FC(F)(F)c1cc(Cl)c(-c2cccc(Cl)c2)c(Cl)c1. The molecule has 0 spiro atoms. The lowest BCUT2D eigenvalue weighted by atomic mass is 10.0. The van der Waals surface area contributed by atoms with Crippen LogP contribution >= 0.6 is 34.8 Å². The number of hydrogen-bond donors (Lipinski definition) is 0. The Bertz CT molecular complexity index is 598. The number of alkyl halides is 3. The van der Waals surface area contributed by atoms with Crippen molar-refractivity contribution in [2.45, 2.75) is 6.18 Å². The predicted octanol–water partition coefficient (Wildman–Crippen LogP) is 6.33. The Labute approximate surface area is 122 Å². The lowest BCUT2D eigenvalue weighted by Gasteiger charge is -2.12. The second-order valence-corrected chi connectivity index (χ2v) is 5.07. The predicted molar refractivity (Wildman–Crippen MR) is 71.9 cm³/mol. The summed E-state index contributed by atoms with van der Waals surface area (Å²) in [6.45, 7) is 0. The molecule has 2 aromatic rings. The van der Waals surface area contributed by atoms with Crippen molar-refractivity contribution in [3.8, 4) is 11.1 Å². The van der Waals surface area contributed by atoms with Crippen LogP contribution in [0.4, 0.5) is 13.2 Å². The monoisotopic (exact) mass is 324 g/mol. The first-order valence-corrected chi connectivity index (χ1v) is 6.24. The van der Waals surface area contributed by atoms with E-state index >= 15 is 0 Å². The Balaban J connectivity index is 2.60. The van der Waals surface area contributed by atoms with Gasteiger partial charge >= 0.3 is 6.18 Å². The van der Waals surface area contributed by atoms with Gasteiger partial charge in [0.25, 0.3) is 0 Å². The van der Waals surface area contributed by atoms with Crippen LogP contribution in [0.15, 0.2) is 36.4 Å². The molecule has 100 valence electrons. The van der Waals surface area contributed by atoms with Crippen molar-refractivity contribution in [2.75, 3.05) is 0 Å². The molecule has 19 heavy (non-hydrogen) atoms. The maximum Gasteiger partial charge on any atom is 0.416 e. The topological polar surface area (TPSA) is 0 Å². The Hall–Kier alpha value is -0.900. The van der Waals surface area contributed by atoms with Gasteiger partial charge in [-0.05, 0) is 29.8 Å². The summed E-state index contributed by atoms with van der Waals surface area (Å²) in [5.74, 6) is 0. The van der Waals surface area contributed by atoms with E-state index in [1.54, 1.807) is 24.3 Å². The minimum absolute atomic E-state index is 0.0675. The van der Waals surface area contributed by atoms with Gasteiger partial charge in [0.05, 0.1) is 15.6 Å². The second kappa shape index (κ2) is 5.23. The van der Waals surface area contributed by atoms with Crippen LogP contribution in [0, 0.1) is 0 Å². The van der Waals surface area contributed by atoms with Crippen molar-refractivity contribution < 1.29 is 13.2 Å². The van der Waals surface area contributed by atoms with E-state index in [4.69, 9.17) is 34.8 Å². The van der Waals surface area contributed by atoms with Crippen molar-refractivity contribution in [1.82, 2.24) is 0 Å². The van der Waals surface area contributed by atoms with Crippen LogP contribution in [0.1, 0.15) is 5.56 Å². The molecule has 0 heterocycles. The number of hydrogen-bond acceptors (Lipinski definition) is 0. The van der Waals surface area contributed by atoms with Crippen molar-refractivity contribution >= 4 is 34.8 Å². The smallest absolute Gasteiger partial charge is 0.166 e. The first kappa shape index (κ1) is 14.5. The number of rotatable bonds is 1. The third-order valence-electron chi connectivity index (χ3n) is 2.48. The van der Waals surface area contributed by atoms with Crippen LogP contribution in [-0.2, 0) is 6.18 Å². The molecular weight excluding hydrogens is 319 g/mol. The highest BCUT2D eigenvalue weighted by atomic mass is 35.5. The molecule has 0 atom stereocenters. The third-order valence-corrected chi connectivity index (χ3v) is 3.31. The average molecular weight is 326 g/mol.